The van der Waals surface area contributed by atoms with Crippen molar-refractivity contribution in [3.8, 4) is 11.1 Å². The number of carbonyl (C=O) groups is 1. The molecule has 0 aliphatic rings. The Kier molecular flexibility index (Phi) is 4.76. The normalized spacial score (nSPS) is 12.0. The van der Waals surface area contributed by atoms with Crippen LogP contribution in [0.5, 0.6) is 0 Å². The van der Waals surface area contributed by atoms with Gasteiger partial charge in [0, 0.05) is 28.2 Å². The smallest absolute Gasteiger partial charge is 0.253 e. The van der Waals surface area contributed by atoms with Crippen LogP contribution in [-0.4, -0.2) is 10.9 Å². The summed E-state index contributed by atoms with van der Waals surface area (Å²) in [6.07, 6.45) is 3.48. The average molecular weight is 336 g/mol. The van der Waals surface area contributed by atoms with Gasteiger partial charge in [0.15, 0.2) is 0 Å². The van der Waals surface area contributed by atoms with Crippen molar-refractivity contribution in [2.75, 3.05) is 0 Å². The summed E-state index contributed by atoms with van der Waals surface area (Å²) in [5.41, 5.74) is 5.11. The van der Waals surface area contributed by atoms with Gasteiger partial charge in [0.1, 0.15) is 0 Å². The number of rotatable bonds is 4. The summed E-state index contributed by atoms with van der Waals surface area (Å²) in [5, 5.41) is 5.03. The quantitative estimate of drug-likeness (QED) is 0.735. The summed E-state index contributed by atoms with van der Waals surface area (Å²) in [6, 6.07) is 12.1. The molecule has 2 aromatic heterocycles. The second-order valence-corrected chi connectivity index (χ2v) is 7.01. The number of amides is 1. The summed E-state index contributed by atoms with van der Waals surface area (Å²) < 4.78 is 0. The van der Waals surface area contributed by atoms with Crippen LogP contribution in [0.4, 0.5) is 0 Å². The van der Waals surface area contributed by atoms with Gasteiger partial charge in [0.05, 0.1) is 11.6 Å². The molecule has 3 nitrogen and oxygen atoms in total. The molecule has 1 unspecified atom stereocenters. The van der Waals surface area contributed by atoms with E-state index in [-0.39, 0.29) is 11.9 Å². The van der Waals surface area contributed by atoms with Crippen molar-refractivity contribution in [3.05, 3.63) is 75.7 Å². The SMILES string of the molecule is Cc1ccc(-c2c(C(=O)NC(C)c3ccncc3)csc2C)cc1. The van der Waals surface area contributed by atoms with E-state index in [2.05, 4.69) is 48.4 Å². The lowest BCUT2D eigenvalue weighted by Crippen LogP contribution is -2.26. The summed E-state index contributed by atoms with van der Waals surface area (Å²) in [4.78, 5) is 18.0. The first kappa shape index (κ1) is 16.4. The summed E-state index contributed by atoms with van der Waals surface area (Å²) in [6.45, 7) is 6.11. The van der Waals surface area contributed by atoms with Gasteiger partial charge in [-0.3, -0.25) is 9.78 Å². The van der Waals surface area contributed by atoms with Crippen LogP contribution >= 0.6 is 11.3 Å². The fraction of sp³-hybridized carbons (Fsp3) is 0.200. The van der Waals surface area contributed by atoms with E-state index in [9.17, 15) is 4.79 Å². The van der Waals surface area contributed by atoms with Gasteiger partial charge in [-0.25, -0.2) is 0 Å². The molecule has 1 N–H and O–H groups in total. The zero-order valence-electron chi connectivity index (χ0n) is 14.0. The maximum absolute atomic E-state index is 12.8. The Balaban J connectivity index is 1.87. The standard InChI is InChI=1S/C20H20N2OS/c1-13-4-6-17(7-5-13)19-15(3)24-12-18(19)20(23)22-14(2)16-8-10-21-11-9-16/h4-12,14H,1-3H3,(H,22,23). The Morgan fingerprint density at radius 3 is 2.42 bits per heavy atom. The van der Waals surface area contributed by atoms with Gasteiger partial charge in [-0.15, -0.1) is 11.3 Å². The number of benzene rings is 1. The van der Waals surface area contributed by atoms with Crippen LogP contribution in [0.1, 0.15) is 39.3 Å². The van der Waals surface area contributed by atoms with Gasteiger partial charge in [0.2, 0.25) is 0 Å². The minimum absolute atomic E-state index is 0.0424. The van der Waals surface area contributed by atoms with Crippen molar-refractivity contribution in [2.24, 2.45) is 0 Å². The van der Waals surface area contributed by atoms with Gasteiger partial charge in [-0.1, -0.05) is 29.8 Å². The van der Waals surface area contributed by atoms with Gasteiger partial charge < -0.3 is 5.32 Å². The topological polar surface area (TPSA) is 42.0 Å². The van der Waals surface area contributed by atoms with Crippen LogP contribution in [0.25, 0.3) is 11.1 Å². The molecule has 3 rings (SSSR count). The highest BCUT2D eigenvalue weighted by atomic mass is 32.1. The first-order valence-electron chi connectivity index (χ1n) is 7.92. The maximum atomic E-state index is 12.8. The van der Waals surface area contributed by atoms with E-state index in [1.165, 1.54) is 5.56 Å². The Morgan fingerprint density at radius 2 is 1.75 bits per heavy atom. The Morgan fingerprint density at radius 1 is 1.08 bits per heavy atom. The maximum Gasteiger partial charge on any atom is 0.253 e. The molecule has 1 aromatic carbocycles. The molecular weight excluding hydrogens is 316 g/mol. The fourth-order valence-electron chi connectivity index (χ4n) is 2.71. The molecule has 0 saturated heterocycles. The van der Waals surface area contributed by atoms with Crippen molar-refractivity contribution >= 4 is 17.2 Å². The highest BCUT2D eigenvalue weighted by Gasteiger charge is 2.19. The number of pyridine rings is 1. The van der Waals surface area contributed by atoms with Crippen molar-refractivity contribution < 1.29 is 4.79 Å². The number of aryl methyl sites for hydroxylation is 2. The zero-order valence-corrected chi connectivity index (χ0v) is 14.9. The van der Waals surface area contributed by atoms with Crippen molar-refractivity contribution in [3.63, 3.8) is 0 Å². The molecule has 0 radical (unpaired) electrons. The lowest BCUT2D eigenvalue weighted by Gasteiger charge is -2.15. The van der Waals surface area contributed by atoms with Crippen molar-refractivity contribution in [2.45, 2.75) is 26.8 Å². The Labute approximate surface area is 146 Å². The predicted octanol–water partition coefficient (Wildman–Crippen LogP) is 4.92. The molecule has 2 heterocycles. The average Bonchev–Trinajstić information content (AvgIpc) is 2.98. The second-order valence-electron chi connectivity index (χ2n) is 5.92. The summed E-state index contributed by atoms with van der Waals surface area (Å²) in [5.74, 6) is -0.0424. The van der Waals surface area contributed by atoms with Gasteiger partial charge in [0.25, 0.3) is 5.91 Å². The number of carbonyl (C=O) groups excluding carboxylic acids is 1. The van der Waals surface area contributed by atoms with Crippen LogP contribution in [0.2, 0.25) is 0 Å². The van der Waals surface area contributed by atoms with Gasteiger partial charge in [-0.05, 0) is 44.0 Å². The van der Waals surface area contributed by atoms with E-state index in [0.717, 1.165) is 27.1 Å². The van der Waals surface area contributed by atoms with Crippen LogP contribution in [-0.2, 0) is 0 Å². The fourth-order valence-corrected chi connectivity index (χ4v) is 3.58. The lowest BCUT2D eigenvalue weighted by molar-refractivity contribution is 0.0941. The number of thiophene rings is 1. The van der Waals surface area contributed by atoms with E-state index in [1.807, 2.05) is 24.4 Å². The molecule has 122 valence electrons. The van der Waals surface area contributed by atoms with Crippen LogP contribution < -0.4 is 5.32 Å². The summed E-state index contributed by atoms with van der Waals surface area (Å²) in [7, 11) is 0. The number of aromatic nitrogens is 1. The second kappa shape index (κ2) is 6.97. The number of hydrogen-bond acceptors (Lipinski definition) is 3. The molecular formula is C20H20N2OS. The molecule has 0 aliphatic heterocycles. The third kappa shape index (κ3) is 3.39. The number of hydrogen-bond donors (Lipinski definition) is 1. The minimum Gasteiger partial charge on any atom is -0.345 e. The van der Waals surface area contributed by atoms with E-state index < -0.39 is 0 Å². The lowest BCUT2D eigenvalue weighted by atomic mass is 10.00. The minimum atomic E-state index is -0.0634. The largest absolute Gasteiger partial charge is 0.345 e. The predicted molar refractivity (Wildman–Crippen MR) is 99.3 cm³/mol. The molecule has 1 amide bonds. The first-order chi connectivity index (χ1) is 11.6. The van der Waals surface area contributed by atoms with Crippen molar-refractivity contribution in [1.29, 1.82) is 0 Å². The highest BCUT2D eigenvalue weighted by Crippen LogP contribution is 2.32. The molecule has 3 aromatic rings. The molecule has 4 heteroatoms. The molecule has 0 aliphatic carbocycles. The number of nitrogens with one attached hydrogen (secondary N) is 1. The van der Waals surface area contributed by atoms with Crippen LogP contribution in [0.3, 0.4) is 0 Å². The third-order valence-corrected chi connectivity index (χ3v) is 5.02. The summed E-state index contributed by atoms with van der Waals surface area (Å²) >= 11 is 1.61. The molecule has 0 spiro atoms. The van der Waals surface area contributed by atoms with Crippen LogP contribution in [0, 0.1) is 13.8 Å². The van der Waals surface area contributed by atoms with E-state index in [1.54, 1.807) is 23.7 Å². The van der Waals surface area contributed by atoms with Crippen molar-refractivity contribution in [1.82, 2.24) is 10.3 Å². The van der Waals surface area contributed by atoms with E-state index >= 15 is 0 Å². The van der Waals surface area contributed by atoms with Gasteiger partial charge >= 0.3 is 0 Å². The third-order valence-electron chi connectivity index (χ3n) is 4.11. The molecule has 0 bridgehead atoms. The number of nitrogens with zero attached hydrogens (tertiary/aromatic N) is 1. The zero-order chi connectivity index (χ0) is 17.1. The molecule has 1 atom stereocenters. The monoisotopic (exact) mass is 336 g/mol. The molecule has 24 heavy (non-hydrogen) atoms. The molecule has 0 fully saturated rings. The van der Waals surface area contributed by atoms with E-state index in [0.29, 0.717) is 0 Å². The highest BCUT2D eigenvalue weighted by molar-refractivity contribution is 7.10. The van der Waals surface area contributed by atoms with E-state index in [4.69, 9.17) is 0 Å². The Bertz CT molecular complexity index is 838. The first-order valence-corrected chi connectivity index (χ1v) is 8.80. The van der Waals surface area contributed by atoms with Crippen LogP contribution in [0.15, 0.2) is 54.2 Å². The van der Waals surface area contributed by atoms with Gasteiger partial charge in [-0.2, -0.15) is 0 Å². The molecule has 0 saturated carbocycles. The Hall–Kier alpha value is -2.46.